The van der Waals surface area contributed by atoms with Crippen LogP contribution >= 0.6 is 23.2 Å². The van der Waals surface area contributed by atoms with Crippen LogP contribution in [0.3, 0.4) is 0 Å². The van der Waals surface area contributed by atoms with Crippen molar-refractivity contribution in [1.82, 2.24) is 15.3 Å². The SMILES string of the molecule is Clc1cccc(CNC2CC(Nc3ncnc4ccc(Cl)cc34)C2)c1. The third-order valence-corrected chi connectivity index (χ3v) is 5.03. The van der Waals surface area contributed by atoms with Crippen LogP contribution in [0.25, 0.3) is 10.9 Å². The van der Waals surface area contributed by atoms with Crippen LogP contribution in [0.4, 0.5) is 5.82 Å². The highest BCUT2D eigenvalue weighted by molar-refractivity contribution is 6.31. The average Bonchev–Trinajstić information content (AvgIpc) is 2.57. The van der Waals surface area contributed by atoms with Crippen LogP contribution in [0.1, 0.15) is 18.4 Å². The molecule has 2 aromatic carbocycles. The molecule has 0 spiro atoms. The molecule has 0 unspecified atom stereocenters. The van der Waals surface area contributed by atoms with E-state index in [-0.39, 0.29) is 0 Å². The molecule has 1 aliphatic carbocycles. The van der Waals surface area contributed by atoms with Gasteiger partial charge in [-0.2, -0.15) is 0 Å². The third-order valence-electron chi connectivity index (χ3n) is 4.56. The normalized spacial score (nSPS) is 19.6. The zero-order valence-electron chi connectivity index (χ0n) is 13.5. The van der Waals surface area contributed by atoms with E-state index in [1.54, 1.807) is 6.33 Å². The smallest absolute Gasteiger partial charge is 0.137 e. The van der Waals surface area contributed by atoms with E-state index in [4.69, 9.17) is 23.2 Å². The van der Waals surface area contributed by atoms with Gasteiger partial charge < -0.3 is 10.6 Å². The standard InChI is InChI=1S/C19H18Cl2N4/c20-13-3-1-2-12(6-13)10-22-15-8-16(9-15)25-19-17-7-14(21)4-5-18(17)23-11-24-19/h1-7,11,15-16,22H,8-10H2,(H,23,24,25). The van der Waals surface area contributed by atoms with E-state index in [9.17, 15) is 0 Å². The first-order valence-corrected chi connectivity index (χ1v) is 9.07. The summed E-state index contributed by atoms with van der Waals surface area (Å²) in [6, 6.07) is 14.6. The van der Waals surface area contributed by atoms with Crippen LogP contribution in [-0.2, 0) is 6.54 Å². The number of anilines is 1. The molecule has 0 atom stereocenters. The molecule has 0 aliphatic heterocycles. The van der Waals surface area contributed by atoms with Crippen LogP contribution in [0.5, 0.6) is 0 Å². The fraction of sp³-hybridized carbons (Fsp3) is 0.263. The zero-order valence-corrected chi connectivity index (χ0v) is 15.1. The van der Waals surface area contributed by atoms with Crippen molar-refractivity contribution in [3.8, 4) is 0 Å². The van der Waals surface area contributed by atoms with Gasteiger partial charge in [0.05, 0.1) is 5.52 Å². The Hall–Kier alpha value is -1.88. The zero-order chi connectivity index (χ0) is 17.2. The second-order valence-electron chi connectivity index (χ2n) is 6.40. The van der Waals surface area contributed by atoms with Crippen molar-refractivity contribution in [1.29, 1.82) is 0 Å². The second kappa shape index (κ2) is 7.16. The van der Waals surface area contributed by atoms with Gasteiger partial charge in [-0.1, -0.05) is 35.3 Å². The van der Waals surface area contributed by atoms with Crippen LogP contribution in [0, 0.1) is 0 Å². The Labute approximate surface area is 156 Å². The van der Waals surface area contributed by atoms with Gasteiger partial charge in [-0.25, -0.2) is 9.97 Å². The van der Waals surface area contributed by atoms with E-state index in [1.807, 2.05) is 36.4 Å². The minimum atomic E-state index is 0.411. The van der Waals surface area contributed by atoms with E-state index in [0.717, 1.165) is 41.1 Å². The first kappa shape index (κ1) is 16.6. The monoisotopic (exact) mass is 372 g/mol. The van der Waals surface area contributed by atoms with E-state index in [2.05, 4.69) is 26.7 Å². The quantitative estimate of drug-likeness (QED) is 0.683. The van der Waals surface area contributed by atoms with Gasteiger partial charge >= 0.3 is 0 Å². The summed E-state index contributed by atoms with van der Waals surface area (Å²) in [5.41, 5.74) is 2.11. The number of rotatable bonds is 5. The van der Waals surface area contributed by atoms with Crippen LogP contribution in [-0.4, -0.2) is 22.1 Å². The molecule has 1 fully saturated rings. The number of nitrogens with one attached hydrogen (secondary N) is 2. The highest BCUT2D eigenvalue weighted by Crippen LogP contribution is 2.28. The molecule has 0 radical (unpaired) electrons. The lowest BCUT2D eigenvalue weighted by atomic mass is 9.86. The maximum Gasteiger partial charge on any atom is 0.137 e. The Morgan fingerprint density at radius 3 is 2.64 bits per heavy atom. The van der Waals surface area contributed by atoms with Gasteiger partial charge in [0.15, 0.2) is 0 Å². The van der Waals surface area contributed by atoms with Crippen LogP contribution in [0.2, 0.25) is 10.0 Å². The molecule has 4 nitrogen and oxygen atoms in total. The summed E-state index contributed by atoms with van der Waals surface area (Å²) >= 11 is 12.1. The number of hydrogen-bond donors (Lipinski definition) is 2. The van der Waals surface area contributed by atoms with E-state index < -0.39 is 0 Å². The number of hydrogen-bond acceptors (Lipinski definition) is 4. The van der Waals surface area contributed by atoms with Crippen molar-refractivity contribution in [2.75, 3.05) is 5.32 Å². The lowest BCUT2D eigenvalue weighted by Crippen LogP contribution is -2.47. The minimum absolute atomic E-state index is 0.411. The number of benzene rings is 2. The summed E-state index contributed by atoms with van der Waals surface area (Å²) in [4.78, 5) is 8.67. The number of fused-ring (bicyclic) bond motifs is 1. The molecule has 3 aromatic rings. The number of halogens is 2. The molecular formula is C19H18Cl2N4. The van der Waals surface area contributed by atoms with Crippen molar-refractivity contribution in [2.45, 2.75) is 31.5 Å². The summed E-state index contributed by atoms with van der Waals surface area (Å²) in [5.74, 6) is 0.853. The largest absolute Gasteiger partial charge is 0.367 e. The predicted octanol–water partition coefficient (Wildman–Crippen LogP) is 4.67. The number of nitrogens with zero attached hydrogens (tertiary/aromatic N) is 2. The van der Waals surface area contributed by atoms with Gasteiger partial charge in [-0.15, -0.1) is 0 Å². The van der Waals surface area contributed by atoms with Crippen molar-refractivity contribution < 1.29 is 0 Å². The Balaban J connectivity index is 1.33. The van der Waals surface area contributed by atoms with Crippen molar-refractivity contribution >= 4 is 39.9 Å². The minimum Gasteiger partial charge on any atom is -0.367 e. The average molecular weight is 373 g/mol. The molecule has 2 N–H and O–H groups in total. The Bertz CT molecular complexity index is 893. The fourth-order valence-corrected chi connectivity index (χ4v) is 3.53. The maximum absolute atomic E-state index is 6.11. The molecule has 0 saturated heterocycles. The highest BCUT2D eigenvalue weighted by atomic mass is 35.5. The van der Waals surface area contributed by atoms with Gasteiger partial charge in [0.25, 0.3) is 0 Å². The summed E-state index contributed by atoms with van der Waals surface area (Å²) in [7, 11) is 0. The third kappa shape index (κ3) is 3.87. The van der Waals surface area contributed by atoms with Crippen LogP contribution in [0.15, 0.2) is 48.8 Å². The van der Waals surface area contributed by atoms with Crippen molar-refractivity contribution in [2.24, 2.45) is 0 Å². The van der Waals surface area contributed by atoms with Gasteiger partial charge in [-0.05, 0) is 48.7 Å². The predicted molar refractivity (Wildman–Crippen MR) is 103 cm³/mol. The molecule has 4 rings (SSSR count). The Morgan fingerprint density at radius 2 is 1.80 bits per heavy atom. The molecule has 128 valence electrons. The molecule has 1 aliphatic rings. The summed E-state index contributed by atoms with van der Waals surface area (Å²) in [6.07, 6.45) is 3.71. The number of aromatic nitrogens is 2. The van der Waals surface area contributed by atoms with Crippen molar-refractivity contribution in [3.05, 3.63) is 64.4 Å². The highest BCUT2D eigenvalue weighted by Gasteiger charge is 2.29. The molecular weight excluding hydrogens is 355 g/mol. The summed E-state index contributed by atoms with van der Waals surface area (Å²) in [6.45, 7) is 0.837. The first-order chi connectivity index (χ1) is 12.2. The second-order valence-corrected chi connectivity index (χ2v) is 7.28. The lowest BCUT2D eigenvalue weighted by Gasteiger charge is -2.37. The molecule has 1 saturated carbocycles. The van der Waals surface area contributed by atoms with Crippen molar-refractivity contribution in [3.63, 3.8) is 0 Å². The van der Waals surface area contributed by atoms with Gasteiger partial charge in [-0.3, -0.25) is 0 Å². The molecule has 1 heterocycles. The molecule has 0 bridgehead atoms. The van der Waals surface area contributed by atoms with Gasteiger partial charge in [0.2, 0.25) is 0 Å². The van der Waals surface area contributed by atoms with E-state index in [1.165, 1.54) is 5.56 Å². The maximum atomic E-state index is 6.11. The Morgan fingerprint density at radius 1 is 0.960 bits per heavy atom. The fourth-order valence-electron chi connectivity index (χ4n) is 3.15. The molecule has 25 heavy (non-hydrogen) atoms. The van der Waals surface area contributed by atoms with E-state index in [0.29, 0.717) is 17.1 Å². The van der Waals surface area contributed by atoms with Gasteiger partial charge in [0, 0.05) is 34.1 Å². The molecule has 6 heteroatoms. The molecule has 0 amide bonds. The summed E-state index contributed by atoms with van der Waals surface area (Å²) in [5, 5.41) is 9.52. The first-order valence-electron chi connectivity index (χ1n) is 8.32. The topological polar surface area (TPSA) is 49.8 Å². The van der Waals surface area contributed by atoms with Gasteiger partial charge in [0.1, 0.15) is 12.1 Å². The Kier molecular flexibility index (Phi) is 4.75. The van der Waals surface area contributed by atoms with Crippen LogP contribution < -0.4 is 10.6 Å². The lowest BCUT2D eigenvalue weighted by molar-refractivity contribution is 0.307. The molecule has 1 aromatic heterocycles. The summed E-state index contributed by atoms with van der Waals surface area (Å²) < 4.78 is 0. The van der Waals surface area contributed by atoms with E-state index >= 15 is 0 Å².